The molecule has 0 fully saturated rings. The Morgan fingerprint density at radius 2 is 1.79 bits per heavy atom. The van der Waals surface area contributed by atoms with Gasteiger partial charge in [-0.2, -0.15) is 0 Å². The maximum atomic E-state index is 5.71. The fourth-order valence-electron chi connectivity index (χ4n) is 2.56. The van der Waals surface area contributed by atoms with Crippen molar-refractivity contribution in [3.63, 3.8) is 0 Å². The molecule has 1 heterocycles. The van der Waals surface area contributed by atoms with Crippen LogP contribution in [0.1, 0.15) is 16.7 Å². The van der Waals surface area contributed by atoms with Crippen molar-refractivity contribution in [2.45, 2.75) is 19.6 Å². The van der Waals surface area contributed by atoms with E-state index in [4.69, 9.17) is 10.5 Å². The molecule has 19 heavy (non-hydrogen) atoms. The Balaban J connectivity index is 1.71. The standard InChI is InChI=1S/C16H18N2O/c1-19-16-7-4-13-10-18(11-14(13)8-16)9-12-2-5-15(17)6-3-12/h2-8H,9-11,17H2,1H3. The summed E-state index contributed by atoms with van der Waals surface area (Å²) < 4.78 is 5.27. The second-order valence-corrected chi connectivity index (χ2v) is 5.02. The second-order valence-electron chi connectivity index (χ2n) is 5.02. The average molecular weight is 254 g/mol. The Morgan fingerprint density at radius 1 is 1.05 bits per heavy atom. The first-order valence-electron chi connectivity index (χ1n) is 6.47. The van der Waals surface area contributed by atoms with Crippen molar-refractivity contribution >= 4 is 5.69 Å². The normalized spacial score (nSPS) is 14.4. The largest absolute Gasteiger partial charge is 0.497 e. The molecular weight excluding hydrogens is 236 g/mol. The molecule has 3 heteroatoms. The summed E-state index contributed by atoms with van der Waals surface area (Å²) in [4.78, 5) is 2.43. The summed E-state index contributed by atoms with van der Waals surface area (Å²) in [5.74, 6) is 0.938. The molecule has 3 rings (SSSR count). The lowest BCUT2D eigenvalue weighted by Gasteiger charge is -2.14. The van der Waals surface area contributed by atoms with E-state index in [0.717, 1.165) is 31.1 Å². The maximum Gasteiger partial charge on any atom is 0.119 e. The van der Waals surface area contributed by atoms with Gasteiger partial charge in [0.1, 0.15) is 5.75 Å². The van der Waals surface area contributed by atoms with Crippen molar-refractivity contribution < 1.29 is 4.74 Å². The van der Waals surface area contributed by atoms with Crippen molar-refractivity contribution in [1.29, 1.82) is 0 Å². The van der Waals surface area contributed by atoms with E-state index in [1.165, 1.54) is 16.7 Å². The van der Waals surface area contributed by atoms with Gasteiger partial charge in [0.05, 0.1) is 7.11 Å². The van der Waals surface area contributed by atoms with E-state index < -0.39 is 0 Å². The van der Waals surface area contributed by atoms with Crippen LogP contribution in [0.4, 0.5) is 5.69 Å². The lowest BCUT2D eigenvalue weighted by atomic mass is 10.1. The molecule has 0 amide bonds. The van der Waals surface area contributed by atoms with Gasteiger partial charge in [0.2, 0.25) is 0 Å². The van der Waals surface area contributed by atoms with Gasteiger partial charge >= 0.3 is 0 Å². The van der Waals surface area contributed by atoms with E-state index in [-0.39, 0.29) is 0 Å². The number of nitrogens with two attached hydrogens (primary N) is 1. The highest BCUT2D eigenvalue weighted by Crippen LogP contribution is 2.27. The number of fused-ring (bicyclic) bond motifs is 1. The van der Waals surface area contributed by atoms with Gasteiger partial charge in [0, 0.05) is 25.3 Å². The number of hydrogen-bond acceptors (Lipinski definition) is 3. The van der Waals surface area contributed by atoms with Crippen molar-refractivity contribution in [1.82, 2.24) is 4.90 Å². The molecule has 0 saturated heterocycles. The van der Waals surface area contributed by atoms with Crippen LogP contribution in [0.2, 0.25) is 0 Å². The summed E-state index contributed by atoms with van der Waals surface area (Å²) in [6.45, 7) is 2.94. The maximum absolute atomic E-state index is 5.71. The monoisotopic (exact) mass is 254 g/mol. The highest BCUT2D eigenvalue weighted by atomic mass is 16.5. The van der Waals surface area contributed by atoms with E-state index in [0.29, 0.717) is 0 Å². The van der Waals surface area contributed by atoms with Crippen molar-refractivity contribution in [3.8, 4) is 5.75 Å². The summed E-state index contributed by atoms with van der Waals surface area (Å²) in [5.41, 5.74) is 10.6. The molecular formula is C16H18N2O. The molecule has 0 aliphatic carbocycles. The predicted molar refractivity (Wildman–Crippen MR) is 76.8 cm³/mol. The third-order valence-electron chi connectivity index (χ3n) is 3.59. The summed E-state index contributed by atoms with van der Waals surface area (Å²) in [7, 11) is 1.71. The van der Waals surface area contributed by atoms with Crippen LogP contribution < -0.4 is 10.5 Å². The minimum Gasteiger partial charge on any atom is -0.497 e. The van der Waals surface area contributed by atoms with Gasteiger partial charge in [-0.1, -0.05) is 18.2 Å². The molecule has 0 aromatic heterocycles. The van der Waals surface area contributed by atoms with E-state index in [1.54, 1.807) is 7.11 Å². The van der Waals surface area contributed by atoms with Crippen LogP contribution in [0.25, 0.3) is 0 Å². The molecule has 0 saturated carbocycles. The van der Waals surface area contributed by atoms with Crippen molar-refractivity contribution in [3.05, 3.63) is 59.2 Å². The Labute approximate surface area is 113 Å². The molecule has 2 N–H and O–H groups in total. The fourth-order valence-corrected chi connectivity index (χ4v) is 2.56. The van der Waals surface area contributed by atoms with Gasteiger partial charge in [-0.25, -0.2) is 0 Å². The summed E-state index contributed by atoms with van der Waals surface area (Å²) in [6.07, 6.45) is 0. The number of nitrogens with zero attached hydrogens (tertiary/aromatic N) is 1. The molecule has 2 aromatic rings. The van der Waals surface area contributed by atoms with Crippen LogP contribution in [0.5, 0.6) is 5.75 Å². The molecule has 1 aliphatic heterocycles. The van der Waals surface area contributed by atoms with Crippen LogP contribution >= 0.6 is 0 Å². The lowest BCUT2D eigenvalue weighted by molar-refractivity contribution is 0.275. The quantitative estimate of drug-likeness (QED) is 0.856. The number of hydrogen-bond donors (Lipinski definition) is 1. The fraction of sp³-hybridized carbons (Fsp3) is 0.250. The molecule has 1 aliphatic rings. The number of ether oxygens (including phenoxy) is 1. The highest BCUT2D eigenvalue weighted by Gasteiger charge is 2.19. The molecule has 98 valence electrons. The smallest absolute Gasteiger partial charge is 0.119 e. The van der Waals surface area contributed by atoms with Gasteiger partial charge in [-0.15, -0.1) is 0 Å². The van der Waals surface area contributed by atoms with Crippen LogP contribution in [-0.2, 0) is 19.6 Å². The first-order chi connectivity index (χ1) is 9.24. The minimum absolute atomic E-state index is 0.818. The number of benzene rings is 2. The van der Waals surface area contributed by atoms with Gasteiger partial charge in [0.15, 0.2) is 0 Å². The van der Waals surface area contributed by atoms with E-state index in [1.807, 2.05) is 18.2 Å². The molecule has 0 spiro atoms. The molecule has 0 atom stereocenters. The van der Waals surface area contributed by atoms with Crippen LogP contribution in [0.3, 0.4) is 0 Å². The van der Waals surface area contributed by atoms with Crippen LogP contribution in [0, 0.1) is 0 Å². The van der Waals surface area contributed by atoms with E-state index in [9.17, 15) is 0 Å². The third-order valence-corrected chi connectivity index (χ3v) is 3.59. The minimum atomic E-state index is 0.818. The van der Waals surface area contributed by atoms with E-state index >= 15 is 0 Å². The Morgan fingerprint density at radius 3 is 2.53 bits per heavy atom. The summed E-state index contributed by atoms with van der Waals surface area (Å²) in [5, 5.41) is 0. The van der Waals surface area contributed by atoms with Gasteiger partial charge < -0.3 is 10.5 Å². The molecule has 0 radical (unpaired) electrons. The second kappa shape index (κ2) is 4.94. The number of methoxy groups -OCH3 is 1. The van der Waals surface area contributed by atoms with Crippen molar-refractivity contribution in [2.24, 2.45) is 0 Å². The predicted octanol–water partition coefficient (Wildman–Crippen LogP) is 2.79. The zero-order valence-electron chi connectivity index (χ0n) is 11.1. The van der Waals surface area contributed by atoms with Gasteiger partial charge in [-0.05, 0) is 41.0 Å². The van der Waals surface area contributed by atoms with Crippen molar-refractivity contribution in [2.75, 3.05) is 12.8 Å². The number of rotatable bonds is 3. The summed E-state index contributed by atoms with van der Waals surface area (Å²) in [6, 6.07) is 14.4. The third kappa shape index (κ3) is 2.56. The Kier molecular flexibility index (Phi) is 3.13. The molecule has 3 nitrogen and oxygen atoms in total. The number of nitrogen functional groups attached to an aromatic ring is 1. The molecule has 0 unspecified atom stereocenters. The number of anilines is 1. The van der Waals surface area contributed by atoms with Crippen LogP contribution in [0.15, 0.2) is 42.5 Å². The first kappa shape index (κ1) is 12.1. The lowest BCUT2D eigenvalue weighted by Crippen LogP contribution is -2.15. The Bertz CT molecular complexity index is 578. The highest BCUT2D eigenvalue weighted by molar-refractivity contribution is 5.40. The topological polar surface area (TPSA) is 38.5 Å². The van der Waals surface area contributed by atoms with Gasteiger partial charge in [-0.3, -0.25) is 4.90 Å². The zero-order chi connectivity index (χ0) is 13.2. The molecule has 0 bridgehead atoms. The SMILES string of the molecule is COc1ccc2c(c1)CN(Cc1ccc(N)cc1)C2. The van der Waals surface area contributed by atoms with Gasteiger partial charge in [0.25, 0.3) is 0 Å². The first-order valence-corrected chi connectivity index (χ1v) is 6.47. The molecule has 2 aromatic carbocycles. The Hall–Kier alpha value is -2.00. The van der Waals surface area contributed by atoms with Crippen LogP contribution in [-0.4, -0.2) is 12.0 Å². The average Bonchev–Trinajstić information content (AvgIpc) is 2.82. The zero-order valence-corrected chi connectivity index (χ0v) is 11.1. The summed E-state index contributed by atoms with van der Waals surface area (Å²) >= 11 is 0. The van der Waals surface area contributed by atoms with E-state index in [2.05, 4.69) is 29.2 Å².